The maximum absolute atomic E-state index is 11.6. The predicted octanol–water partition coefficient (Wildman–Crippen LogP) is 2.39. The Hall–Kier alpha value is -1.33. The van der Waals surface area contributed by atoms with E-state index in [4.69, 9.17) is 16.4 Å². The van der Waals surface area contributed by atoms with Crippen LogP contribution in [0.4, 0.5) is 0 Å². The first-order valence-electron chi connectivity index (χ1n) is 6.40. The summed E-state index contributed by atoms with van der Waals surface area (Å²) in [5.74, 6) is -0.286. The van der Waals surface area contributed by atoms with Crippen LogP contribution in [0, 0.1) is 6.92 Å². The van der Waals surface area contributed by atoms with E-state index in [-0.39, 0.29) is 12.0 Å². The fourth-order valence-electron chi connectivity index (χ4n) is 2.18. The van der Waals surface area contributed by atoms with Crippen LogP contribution in [-0.2, 0) is 16.7 Å². The summed E-state index contributed by atoms with van der Waals surface area (Å²) in [4.78, 5) is 16.9. The molecule has 0 bridgehead atoms. The molecule has 0 aliphatic heterocycles. The lowest BCUT2D eigenvalue weighted by atomic mass is 10.2. The van der Waals surface area contributed by atoms with E-state index in [0.717, 1.165) is 24.1 Å². The minimum absolute atomic E-state index is 0.154. The van der Waals surface area contributed by atoms with Crippen LogP contribution >= 0.6 is 11.6 Å². The lowest BCUT2D eigenvalue weighted by molar-refractivity contribution is -0.132. The highest BCUT2D eigenvalue weighted by Crippen LogP contribution is 2.21. The number of hydrogen-bond donors (Lipinski definition) is 1. The molecule has 19 heavy (non-hydrogen) atoms. The zero-order valence-corrected chi connectivity index (χ0v) is 11.9. The molecular formula is C13H18ClN3O2. The lowest BCUT2D eigenvalue weighted by Crippen LogP contribution is -2.26. The number of rotatable bonds is 4. The summed E-state index contributed by atoms with van der Waals surface area (Å²) in [5, 5.41) is 4.68. The molecule has 0 spiro atoms. The summed E-state index contributed by atoms with van der Waals surface area (Å²) in [5.41, 5.74) is 3.98. The molecule has 1 heterocycles. The molecule has 0 radical (unpaired) electrons. The minimum Gasteiger partial charge on any atom is -0.270 e. The van der Waals surface area contributed by atoms with Gasteiger partial charge in [0.05, 0.1) is 11.8 Å². The number of nitrogens with one attached hydrogen (secondary N) is 1. The number of amides is 1. The molecule has 0 atom stereocenters. The van der Waals surface area contributed by atoms with Gasteiger partial charge in [-0.05, 0) is 25.8 Å². The monoisotopic (exact) mass is 283 g/mol. The Kier molecular flexibility index (Phi) is 4.61. The SMILES string of the molecule is Cc1nn(C)c(Cl)c1/C=C/C(=O)NOC1CCCC1. The summed E-state index contributed by atoms with van der Waals surface area (Å²) >= 11 is 6.06. The Bertz CT molecular complexity index is 490. The predicted molar refractivity (Wildman–Crippen MR) is 73.5 cm³/mol. The topological polar surface area (TPSA) is 56.2 Å². The normalized spacial score (nSPS) is 16.4. The van der Waals surface area contributed by atoms with Gasteiger partial charge in [0.15, 0.2) is 0 Å². The van der Waals surface area contributed by atoms with E-state index in [0.29, 0.717) is 5.15 Å². The van der Waals surface area contributed by atoms with Crippen molar-refractivity contribution in [3.63, 3.8) is 0 Å². The van der Waals surface area contributed by atoms with Crippen LogP contribution in [-0.4, -0.2) is 21.8 Å². The van der Waals surface area contributed by atoms with Crippen molar-refractivity contribution in [2.24, 2.45) is 7.05 Å². The lowest BCUT2D eigenvalue weighted by Gasteiger charge is -2.09. The summed E-state index contributed by atoms with van der Waals surface area (Å²) in [6.07, 6.45) is 7.57. The summed E-state index contributed by atoms with van der Waals surface area (Å²) in [7, 11) is 1.76. The minimum atomic E-state index is -0.286. The number of carbonyl (C=O) groups excluding carboxylic acids is 1. The molecule has 1 aromatic heterocycles. The standard InChI is InChI=1S/C13H18ClN3O2/c1-9-11(13(14)17(2)15-9)7-8-12(18)16-19-10-5-3-4-6-10/h7-8,10H,3-6H2,1-2H3,(H,16,18)/b8-7+. The third-order valence-electron chi connectivity index (χ3n) is 3.23. The van der Waals surface area contributed by atoms with Crippen LogP contribution in [0.2, 0.25) is 5.15 Å². The number of hydrogen-bond acceptors (Lipinski definition) is 3. The average molecular weight is 284 g/mol. The van der Waals surface area contributed by atoms with E-state index in [2.05, 4.69) is 10.6 Å². The van der Waals surface area contributed by atoms with Gasteiger partial charge >= 0.3 is 0 Å². The van der Waals surface area contributed by atoms with Gasteiger partial charge in [-0.1, -0.05) is 24.4 Å². The number of carbonyl (C=O) groups is 1. The molecule has 6 heteroatoms. The Morgan fingerprint density at radius 2 is 2.21 bits per heavy atom. The molecule has 1 amide bonds. The van der Waals surface area contributed by atoms with E-state index in [1.165, 1.54) is 18.9 Å². The molecule has 1 N–H and O–H groups in total. The van der Waals surface area contributed by atoms with Gasteiger partial charge in [-0.15, -0.1) is 0 Å². The molecular weight excluding hydrogens is 266 g/mol. The van der Waals surface area contributed by atoms with E-state index in [9.17, 15) is 4.79 Å². The Labute approximate surface area is 117 Å². The van der Waals surface area contributed by atoms with Crippen molar-refractivity contribution in [1.29, 1.82) is 0 Å². The van der Waals surface area contributed by atoms with Crippen molar-refractivity contribution in [1.82, 2.24) is 15.3 Å². The van der Waals surface area contributed by atoms with Gasteiger partial charge < -0.3 is 0 Å². The van der Waals surface area contributed by atoms with Crippen molar-refractivity contribution in [3.8, 4) is 0 Å². The van der Waals surface area contributed by atoms with Crippen molar-refractivity contribution in [3.05, 3.63) is 22.5 Å². The maximum Gasteiger partial charge on any atom is 0.267 e. The number of nitrogens with zero attached hydrogens (tertiary/aromatic N) is 2. The number of aryl methyl sites for hydroxylation is 2. The number of hydroxylamine groups is 1. The zero-order chi connectivity index (χ0) is 13.8. The quantitative estimate of drug-likeness (QED) is 0.682. The van der Waals surface area contributed by atoms with E-state index < -0.39 is 0 Å². The van der Waals surface area contributed by atoms with Gasteiger partial charge in [-0.3, -0.25) is 14.3 Å². The van der Waals surface area contributed by atoms with Crippen LogP contribution in [0.5, 0.6) is 0 Å². The van der Waals surface area contributed by atoms with E-state index in [1.807, 2.05) is 6.92 Å². The molecule has 2 rings (SSSR count). The van der Waals surface area contributed by atoms with Gasteiger partial charge in [0, 0.05) is 18.7 Å². The van der Waals surface area contributed by atoms with E-state index in [1.54, 1.807) is 17.8 Å². The molecule has 1 aliphatic rings. The summed E-state index contributed by atoms with van der Waals surface area (Å²) in [6, 6.07) is 0. The number of halogens is 1. The Morgan fingerprint density at radius 1 is 1.53 bits per heavy atom. The van der Waals surface area contributed by atoms with E-state index >= 15 is 0 Å². The Balaban J connectivity index is 1.88. The third kappa shape index (κ3) is 3.58. The average Bonchev–Trinajstić information content (AvgIpc) is 2.96. The van der Waals surface area contributed by atoms with Crippen LogP contribution in [0.3, 0.4) is 0 Å². The largest absolute Gasteiger partial charge is 0.270 e. The molecule has 1 fully saturated rings. The van der Waals surface area contributed by atoms with Crippen LogP contribution in [0.1, 0.15) is 36.9 Å². The molecule has 5 nitrogen and oxygen atoms in total. The van der Waals surface area contributed by atoms with Crippen molar-refractivity contribution < 1.29 is 9.63 Å². The fourth-order valence-corrected chi connectivity index (χ4v) is 2.41. The second kappa shape index (κ2) is 6.21. The first-order chi connectivity index (χ1) is 9.08. The molecule has 1 aliphatic carbocycles. The first-order valence-corrected chi connectivity index (χ1v) is 6.78. The molecule has 1 saturated carbocycles. The fraction of sp³-hybridized carbons (Fsp3) is 0.538. The molecule has 0 aromatic carbocycles. The second-order valence-corrected chi connectivity index (χ2v) is 5.10. The third-order valence-corrected chi connectivity index (χ3v) is 3.67. The van der Waals surface area contributed by atoms with Crippen molar-refractivity contribution in [2.45, 2.75) is 38.7 Å². The summed E-state index contributed by atoms with van der Waals surface area (Å²) in [6.45, 7) is 1.85. The van der Waals surface area contributed by atoms with Gasteiger partial charge in [0.1, 0.15) is 5.15 Å². The van der Waals surface area contributed by atoms with Crippen molar-refractivity contribution in [2.75, 3.05) is 0 Å². The Morgan fingerprint density at radius 3 is 2.79 bits per heavy atom. The molecule has 1 aromatic rings. The second-order valence-electron chi connectivity index (χ2n) is 4.74. The van der Waals surface area contributed by atoms with Gasteiger partial charge in [-0.25, -0.2) is 5.48 Å². The highest BCUT2D eigenvalue weighted by molar-refractivity contribution is 6.31. The molecule has 0 saturated heterocycles. The van der Waals surface area contributed by atoms with Crippen LogP contribution < -0.4 is 5.48 Å². The zero-order valence-electron chi connectivity index (χ0n) is 11.1. The molecule has 0 unspecified atom stereocenters. The van der Waals surface area contributed by atoms with Gasteiger partial charge in [-0.2, -0.15) is 5.10 Å². The van der Waals surface area contributed by atoms with Crippen molar-refractivity contribution >= 4 is 23.6 Å². The highest BCUT2D eigenvalue weighted by Gasteiger charge is 2.16. The summed E-state index contributed by atoms with van der Waals surface area (Å²) < 4.78 is 1.57. The maximum atomic E-state index is 11.6. The first kappa shape index (κ1) is 14.1. The van der Waals surface area contributed by atoms with Crippen LogP contribution in [0.25, 0.3) is 6.08 Å². The molecule has 104 valence electrons. The number of aromatic nitrogens is 2. The van der Waals surface area contributed by atoms with Gasteiger partial charge in [0.25, 0.3) is 5.91 Å². The highest BCUT2D eigenvalue weighted by atomic mass is 35.5. The van der Waals surface area contributed by atoms with Crippen LogP contribution in [0.15, 0.2) is 6.08 Å². The van der Waals surface area contributed by atoms with Gasteiger partial charge in [0.2, 0.25) is 0 Å². The smallest absolute Gasteiger partial charge is 0.267 e.